The lowest BCUT2D eigenvalue weighted by Gasteiger charge is -2.27. The van der Waals surface area contributed by atoms with Crippen LogP contribution in [0.1, 0.15) is 72.2 Å². The Morgan fingerprint density at radius 1 is 0.981 bits per heavy atom. The van der Waals surface area contributed by atoms with Crippen LogP contribution in [0, 0.1) is 19.3 Å². The molecule has 12 nitrogen and oxygen atoms in total. The molecule has 5 aromatic rings. The Morgan fingerprint density at radius 2 is 1.79 bits per heavy atom. The van der Waals surface area contributed by atoms with Crippen LogP contribution in [-0.4, -0.2) is 70.9 Å². The quantitative estimate of drug-likeness (QED) is 0.167. The van der Waals surface area contributed by atoms with E-state index in [1.54, 1.807) is 22.0 Å². The average molecular weight is 764 g/mol. The first-order valence-corrected chi connectivity index (χ1v) is 18.6. The standard InChI is InChI=1S/C39H39BrN8O4/c1-22-12-13-32(40)44-37(22)45-38(51)30-16-39-17-31(39)48(30)34(50)20-47-36-25(8-5-4-6-9-28-10-7-11-33(43-28)52-21-39)14-26(27-18-41-24(3)42-19-27)15-29(36)35(46-47)23(2)49/h7,10-15,18-19,30-31H,4-6,8-9,16-17,20-21H2,1-3H3,(H,44,45,51)/t30-,31+,39-/m0/s1. The number of Topliss-reactive ketones (excluding diaryl/α,β-unsaturated/α-hetero) is 1. The van der Waals surface area contributed by atoms with Crippen molar-refractivity contribution in [2.45, 2.75) is 84.3 Å². The van der Waals surface area contributed by atoms with Gasteiger partial charge >= 0.3 is 0 Å². The van der Waals surface area contributed by atoms with Gasteiger partial charge in [0.15, 0.2) is 5.78 Å². The topological polar surface area (TPSA) is 145 Å². The number of fused-ring (bicyclic) bond motifs is 2. The van der Waals surface area contributed by atoms with Crippen molar-refractivity contribution in [3.63, 3.8) is 0 Å². The van der Waals surface area contributed by atoms with Gasteiger partial charge in [0.25, 0.3) is 0 Å². The molecule has 8 rings (SSSR count). The number of halogens is 1. The highest BCUT2D eigenvalue weighted by molar-refractivity contribution is 9.10. The van der Waals surface area contributed by atoms with Crippen LogP contribution in [0.4, 0.5) is 5.82 Å². The first-order valence-electron chi connectivity index (χ1n) is 17.8. The van der Waals surface area contributed by atoms with Gasteiger partial charge in [-0.1, -0.05) is 18.6 Å². The van der Waals surface area contributed by atoms with E-state index in [1.807, 2.05) is 50.2 Å². The van der Waals surface area contributed by atoms with Crippen molar-refractivity contribution >= 4 is 50.2 Å². The first kappa shape index (κ1) is 34.1. The van der Waals surface area contributed by atoms with Crippen molar-refractivity contribution in [2.24, 2.45) is 5.41 Å². The summed E-state index contributed by atoms with van der Waals surface area (Å²) in [7, 11) is 0. The minimum absolute atomic E-state index is 0.126. The van der Waals surface area contributed by atoms with Crippen LogP contribution in [0.2, 0.25) is 0 Å². The molecule has 13 heteroatoms. The highest BCUT2D eigenvalue weighted by Crippen LogP contribution is 2.60. The maximum Gasteiger partial charge on any atom is 0.248 e. The van der Waals surface area contributed by atoms with Crippen molar-refractivity contribution in [2.75, 3.05) is 11.9 Å². The third-order valence-corrected chi connectivity index (χ3v) is 11.1. The second kappa shape index (κ2) is 13.5. The van der Waals surface area contributed by atoms with E-state index in [4.69, 9.17) is 14.8 Å². The summed E-state index contributed by atoms with van der Waals surface area (Å²) in [5.74, 6) is 0.916. The molecule has 0 unspecified atom stereocenters. The van der Waals surface area contributed by atoms with E-state index in [9.17, 15) is 14.4 Å². The molecule has 3 aliphatic rings. The summed E-state index contributed by atoms with van der Waals surface area (Å²) in [6, 6.07) is 12.7. The van der Waals surface area contributed by atoms with E-state index in [1.165, 1.54) is 6.92 Å². The number of hydrogen-bond donors (Lipinski definition) is 1. The van der Waals surface area contributed by atoms with Gasteiger partial charge in [-0.2, -0.15) is 5.10 Å². The minimum Gasteiger partial charge on any atom is -0.477 e. The number of ether oxygens (including phenoxy) is 1. The molecule has 52 heavy (non-hydrogen) atoms. The van der Waals surface area contributed by atoms with Gasteiger partial charge in [0.05, 0.1) is 12.1 Å². The van der Waals surface area contributed by atoms with E-state index in [0.717, 1.165) is 59.1 Å². The zero-order chi connectivity index (χ0) is 36.1. The van der Waals surface area contributed by atoms with E-state index < -0.39 is 11.5 Å². The molecule has 0 spiro atoms. The van der Waals surface area contributed by atoms with Crippen molar-refractivity contribution < 1.29 is 19.1 Å². The summed E-state index contributed by atoms with van der Waals surface area (Å²) in [5, 5.41) is 8.46. The summed E-state index contributed by atoms with van der Waals surface area (Å²) < 4.78 is 8.57. The number of nitrogens with one attached hydrogen (secondary N) is 1. The lowest BCUT2D eigenvalue weighted by atomic mass is 9.96. The summed E-state index contributed by atoms with van der Waals surface area (Å²) >= 11 is 3.40. The molecule has 0 radical (unpaired) electrons. The molecule has 1 saturated heterocycles. The maximum absolute atomic E-state index is 14.6. The molecular weight excluding hydrogens is 724 g/mol. The highest BCUT2D eigenvalue weighted by atomic mass is 79.9. The van der Waals surface area contributed by atoms with Gasteiger partial charge in [-0.3, -0.25) is 19.1 Å². The van der Waals surface area contributed by atoms with Crippen molar-refractivity contribution in [3.05, 3.63) is 87.8 Å². The lowest BCUT2D eigenvalue weighted by Crippen LogP contribution is -2.47. The van der Waals surface area contributed by atoms with Gasteiger partial charge in [-0.15, -0.1) is 0 Å². The molecule has 6 heterocycles. The fraction of sp³-hybridized carbons (Fsp3) is 0.385. The fourth-order valence-electron chi connectivity index (χ4n) is 7.83. The zero-order valence-electron chi connectivity index (χ0n) is 29.4. The smallest absolute Gasteiger partial charge is 0.248 e. The Hall–Kier alpha value is -5.04. The maximum atomic E-state index is 14.6. The third-order valence-electron chi connectivity index (χ3n) is 10.6. The van der Waals surface area contributed by atoms with E-state index >= 15 is 0 Å². The van der Waals surface area contributed by atoms with Crippen LogP contribution >= 0.6 is 15.9 Å². The number of pyridine rings is 2. The normalized spacial score (nSPS) is 21.5. The second-order valence-electron chi connectivity index (χ2n) is 14.3. The Kier molecular flexibility index (Phi) is 8.84. The molecule has 2 fully saturated rings. The lowest BCUT2D eigenvalue weighted by molar-refractivity contribution is -0.138. The molecule has 1 N–H and O–H groups in total. The van der Waals surface area contributed by atoms with Crippen LogP contribution < -0.4 is 10.1 Å². The molecule has 2 amide bonds. The van der Waals surface area contributed by atoms with Gasteiger partial charge in [0.2, 0.25) is 17.7 Å². The number of piperidine rings is 1. The Bertz CT molecular complexity index is 2240. The van der Waals surface area contributed by atoms with E-state index in [0.29, 0.717) is 59.1 Å². The van der Waals surface area contributed by atoms with Gasteiger partial charge in [-0.25, -0.2) is 19.9 Å². The number of nitrogens with zero attached hydrogens (tertiary/aromatic N) is 7. The third kappa shape index (κ3) is 6.46. The predicted octanol–water partition coefficient (Wildman–Crippen LogP) is 6.21. The summed E-state index contributed by atoms with van der Waals surface area (Å²) in [6.45, 7) is 5.43. The molecule has 1 aliphatic carbocycles. The number of carbonyl (C=O) groups excluding carboxylic acids is 3. The van der Waals surface area contributed by atoms with Gasteiger partial charge in [-0.05, 0) is 109 Å². The number of rotatable bonds is 4. The monoisotopic (exact) mass is 762 g/mol. The first-order chi connectivity index (χ1) is 25.1. The summed E-state index contributed by atoms with van der Waals surface area (Å²) in [4.78, 5) is 61.5. The molecule has 1 aromatic carbocycles. The number of amides is 2. The van der Waals surface area contributed by atoms with Gasteiger partial charge in [0.1, 0.15) is 34.5 Å². The Labute approximate surface area is 309 Å². The fourth-order valence-corrected chi connectivity index (χ4v) is 8.14. The van der Waals surface area contributed by atoms with Gasteiger partial charge in [0, 0.05) is 53.5 Å². The highest BCUT2D eigenvalue weighted by Gasteiger charge is 2.67. The average Bonchev–Trinajstić information content (AvgIpc) is 3.53. The second-order valence-corrected chi connectivity index (χ2v) is 15.1. The number of aryl methyl sites for hydroxylation is 4. The summed E-state index contributed by atoms with van der Waals surface area (Å²) in [6.07, 6.45) is 9.05. The minimum atomic E-state index is -0.752. The molecule has 4 aromatic heterocycles. The molecular formula is C39H39BrN8O4. The molecule has 1 saturated carbocycles. The molecule has 4 bridgehead atoms. The molecule has 266 valence electrons. The van der Waals surface area contributed by atoms with Crippen LogP contribution in [0.5, 0.6) is 5.88 Å². The van der Waals surface area contributed by atoms with Crippen LogP contribution in [0.3, 0.4) is 0 Å². The van der Waals surface area contributed by atoms with Crippen molar-refractivity contribution in [1.82, 2.24) is 34.6 Å². The number of aromatic nitrogens is 6. The predicted molar refractivity (Wildman–Crippen MR) is 198 cm³/mol. The van der Waals surface area contributed by atoms with Crippen molar-refractivity contribution in [3.8, 4) is 17.0 Å². The number of benzene rings is 1. The number of anilines is 1. The van der Waals surface area contributed by atoms with Gasteiger partial charge < -0.3 is 15.0 Å². The Balaban J connectivity index is 1.21. The Morgan fingerprint density at radius 3 is 2.60 bits per heavy atom. The van der Waals surface area contributed by atoms with Crippen LogP contribution in [0.25, 0.3) is 22.0 Å². The van der Waals surface area contributed by atoms with Crippen LogP contribution in [-0.2, 0) is 29.0 Å². The SMILES string of the molecule is CC(=O)c1nn2c3c(cc(-c4cnc(C)nc4)cc13)CCCCCc1cccc(n1)OC[C@@]13C[C@@H](C(=O)Nc4nc(Br)ccc4C)N(C(=O)C2)[C@@H]1C3. The van der Waals surface area contributed by atoms with Crippen molar-refractivity contribution in [1.29, 1.82) is 0 Å². The molecule has 3 atom stereocenters. The summed E-state index contributed by atoms with van der Waals surface area (Å²) in [5.41, 5.74) is 5.14. The number of hydrogen-bond acceptors (Lipinski definition) is 9. The van der Waals surface area contributed by atoms with E-state index in [-0.39, 0.29) is 30.2 Å². The molecule has 2 aliphatic heterocycles. The zero-order valence-corrected chi connectivity index (χ0v) is 30.9. The van der Waals surface area contributed by atoms with E-state index in [2.05, 4.69) is 42.3 Å². The van der Waals surface area contributed by atoms with Crippen LogP contribution in [0.15, 0.2) is 59.5 Å². The number of carbonyl (C=O) groups is 3. The largest absolute Gasteiger partial charge is 0.477 e. The number of ketones is 1.